The maximum absolute atomic E-state index is 13.7. The summed E-state index contributed by atoms with van der Waals surface area (Å²) in [5, 5.41) is 3.68. The van der Waals surface area contributed by atoms with Crippen molar-refractivity contribution in [2.24, 2.45) is 0 Å². The number of benzene rings is 1. The molecule has 1 aromatic carbocycles. The molecule has 2 nitrogen and oxygen atoms in total. The second-order valence-corrected chi connectivity index (χ2v) is 7.32. The number of aryl methyl sites for hydroxylation is 1. The van der Waals surface area contributed by atoms with Crippen molar-refractivity contribution >= 4 is 21.6 Å². The van der Waals surface area contributed by atoms with E-state index >= 15 is 0 Å². The van der Waals surface area contributed by atoms with Crippen molar-refractivity contribution in [1.29, 1.82) is 0 Å². The Kier molecular flexibility index (Phi) is 4.55. The number of nitrogens with zero attached hydrogens (tertiary/aromatic N) is 1. The molecule has 116 valence electrons. The molecule has 0 aromatic heterocycles. The molecular weight excluding hydrogens is 331 g/mol. The summed E-state index contributed by atoms with van der Waals surface area (Å²) in [6, 6.07) is 5.49. The van der Waals surface area contributed by atoms with Crippen molar-refractivity contribution in [1.82, 2.24) is 5.32 Å². The van der Waals surface area contributed by atoms with Gasteiger partial charge in [-0.3, -0.25) is 0 Å². The highest BCUT2D eigenvalue weighted by Gasteiger charge is 2.41. The number of fused-ring (bicyclic) bond motifs is 2. The summed E-state index contributed by atoms with van der Waals surface area (Å²) in [5.41, 5.74) is 2.26. The predicted octanol–water partition coefficient (Wildman–Crippen LogP) is 4.40. The van der Waals surface area contributed by atoms with E-state index < -0.39 is 0 Å². The third-order valence-electron chi connectivity index (χ3n) is 4.93. The first-order chi connectivity index (χ1) is 10.1. The van der Waals surface area contributed by atoms with Gasteiger partial charge in [0.05, 0.1) is 4.47 Å². The van der Waals surface area contributed by atoms with Gasteiger partial charge in [0.15, 0.2) is 0 Å². The van der Waals surface area contributed by atoms with Crippen LogP contribution in [0.5, 0.6) is 0 Å². The second-order valence-electron chi connectivity index (χ2n) is 6.47. The Morgan fingerprint density at radius 2 is 1.95 bits per heavy atom. The molecular formula is C17H24BrFN2. The van der Waals surface area contributed by atoms with Crippen LogP contribution in [0.1, 0.15) is 44.6 Å². The van der Waals surface area contributed by atoms with Crippen LogP contribution in [0, 0.1) is 12.7 Å². The van der Waals surface area contributed by atoms with E-state index in [4.69, 9.17) is 0 Å². The van der Waals surface area contributed by atoms with Gasteiger partial charge >= 0.3 is 0 Å². The summed E-state index contributed by atoms with van der Waals surface area (Å²) in [6.07, 6.45) is 6.16. The minimum atomic E-state index is -0.164. The fraction of sp³-hybridized carbons (Fsp3) is 0.647. The molecule has 0 amide bonds. The van der Waals surface area contributed by atoms with Crippen molar-refractivity contribution in [3.05, 3.63) is 28.0 Å². The van der Waals surface area contributed by atoms with Crippen molar-refractivity contribution < 1.29 is 4.39 Å². The van der Waals surface area contributed by atoms with Gasteiger partial charge in [-0.15, -0.1) is 0 Å². The van der Waals surface area contributed by atoms with Crippen molar-refractivity contribution in [3.63, 3.8) is 0 Å². The monoisotopic (exact) mass is 354 g/mol. The van der Waals surface area contributed by atoms with Crippen molar-refractivity contribution in [3.8, 4) is 0 Å². The standard InChI is InChI=1S/C17H24BrFN2/c1-3-6-20-12-8-13-4-5-14(9-12)21(13)17-10-15(18)16(19)7-11(17)2/h7,10,12-14,20H,3-6,8-9H2,1-2H3. The third-order valence-corrected chi connectivity index (χ3v) is 5.54. The minimum Gasteiger partial charge on any atom is -0.365 e. The Hall–Kier alpha value is -0.610. The normalized spacial score (nSPS) is 28.2. The lowest BCUT2D eigenvalue weighted by molar-refractivity contribution is 0.356. The molecule has 2 bridgehead atoms. The molecule has 21 heavy (non-hydrogen) atoms. The predicted molar refractivity (Wildman–Crippen MR) is 89.4 cm³/mol. The Morgan fingerprint density at radius 1 is 1.29 bits per heavy atom. The van der Waals surface area contributed by atoms with Crippen molar-refractivity contribution in [2.45, 2.75) is 64.1 Å². The van der Waals surface area contributed by atoms with Gasteiger partial charge in [-0.2, -0.15) is 0 Å². The van der Waals surface area contributed by atoms with Gasteiger partial charge in [0.1, 0.15) is 5.82 Å². The van der Waals surface area contributed by atoms with Gasteiger partial charge in [-0.1, -0.05) is 6.92 Å². The quantitative estimate of drug-likeness (QED) is 0.862. The molecule has 2 atom stereocenters. The van der Waals surface area contributed by atoms with Gasteiger partial charge in [0, 0.05) is 23.8 Å². The van der Waals surface area contributed by atoms with Crippen LogP contribution in [0.15, 0.2) is 16.6 Å². The molecule has 2 fully saturated rings. The zero-order valence-corrected chi connectivity index (χ0v) is 14.4. The lowest BCUT2D eigenvalue weighted by atomic mass is 9.95. The van der Waals surface area contributed by atoms with Crippen LogP contribution in [0.3, 0.4) is 0 Å². The molecule has 2 heterocycles. The molecule has 0 aliphatic carbocycles. The summed E-state index contributed by atoms with van der Waals surface area (Å²) in [4.78, 5) is 2.56. The highest BCUT2D eigenvalue weighted by Crippen LogP contribution is 2.41. The average molecular weight is 355 g/mol. The summed E-state index contributed by atoms with van der Waals surface area (Å²) in [6.45, 7) is 5.35. The Labute approximate surface area is 135 Å². The largest absolute Gasteiger partial charge is 0.365 e. The number of hydrogen-bond donors (Lipinski definition) is 1. The maximum Gasteiger partial charge on any atom is 0.137 e. The molecule has 0 saturated carbocycles. The minimum absolute atomic E-state index is 0.164. The van der Waals surface area contributed by atoms with E-state index in [1.165, 1.54) is 37.8 Å². The maximum atomic E-state index is 13.7. The second kappa shape index (κ2) is 6.25. The fourth-order valence-corrected chi connectivity index (χ4v) is 4.33. The number of halogens is 2. The van der Waals surface area contributed by atoms with E-state index in [1.54, 1.807) is 6.07 Å². The topological polar surface area (TPSA) is 15.3 Å². The van der Waals surface area contributed by atoms with Gasteiger partial charge < -0.3 is 10.2 Å². The summed E-state index contributed by atoms with van der Waals surface area (Å²) in [7, 11) is 0. The number of rotatable bonds is 4. The first kappa shape index (κ1) is 15.3. The van der Waals surface area contributed by atoms with E-state index in [-0.39, 0.29) is 5.82 Å². The van der Waals surface area contributed by atoms with E-state index in [1.807, 2.05) is 13.0 Å². The van der Waals surface area contributed by atoms with Crippen LogP contribution in [-0.2, 0) is 0 Å². The summed E-state index contributed by atoms with van der Waals surface area (Å²) >= 11 is 3.34. The molecule has 2 saturated heterocycles. The Bertz CT molecular complexity index is 506. The summed E-state index contributed by atoms with van der Waals surface area (Å²) in [5.74, 6) is -0.164. The Balaban J connectivity index is 1.81. The molecule has 1 aromatic rings. The van der Waals surface area contributed by atoms with E-state index in [0.717, 1.165) is 12.1 Å². The lowest BCUT2D eigenvalue weighted by Gasteiger charge is -2.41. The van der Waals surface area contributed by atoms with Crippen LogP contribution in [0.2, 0.25) is 0 Å². The van der Waals surface area contributed by atoms with Gasteiger partial charge in [0.2, 0.25) is 0 Å². The zero-order valence-electron chi connectivity index (χ0n) is 12.8. The van der Waals surface area contributed by atoms with E-state index in [9.17, 15) is 4.39 Å². The number of hydrogen-bond acceptors (Lipinski definition) is 2. The molecule has 2 aliphatic rings. The molecule has 1 N–H and O–H groups in total. The first-order valence-electron chi connectivity index (χ1n) is 8.07. The van der Waals surface area contributed by atoms with Gasteiger partial charge in [-0.05, 0) is 79.2 Å². The zero-order chi connectivity index (χ0) is 15.0. The third kappa shape index (κ3) is 2.98. The average Bonchev–Trinajstić information content (AvgIpc) is 2.71. The first-order valence-corrected chi connectivity index (χ1v) is 8.86. The number of anilines is 1. The highest BCUT2D eigenvalue weighted by atomic mass is 79.9. The number of piperidine rings is 1. The van der Waals surface area contributed by atoms with Crippen LogP contribution in [0.4, 0.5) is 10.1 Å². The SMILES string of the molecule is CCCNC1CC2CCC(C1)N2c1cc(Br)c(F)cc1C. The smallest absolute Gasteiger partial charge is 0.137 e. The van der Waals surface area contributed by atoms with Crippen LogP contribution in [-0.4, -0.2) is 24.7 Å². The van der Waals surface area contributed by atoms with Crippen LogP contribution >= 0.6 is 15.9 Å². The highest BCUT2D eigenvalue weighted by molar-refractivity contribution is 9.10. The van der Waals surface area contributed by atoms with E-state index in [2.05, 4.69) is 33.1 Å². The molecule has 4 heteroatoms. The molecule has 0 radical (unpaired) electrons. The summed E-state index contributed by atoms with van der Waals surface area (Å²) < 4.78 is 14.2. The molecule has 3 rings (SSSR count). The Morgan fingerprint density at radius 3 is 2.57 bits per heavy atom. The van der Waals surface area contributed by atoms with E-state index in [0.29, 0.717) is 22.6 Å². The molecule has 2 unspecified atom stereocenters. The lowest BCUT2D eigenvalue weighted by Crippen LogP contribution is -2.49. The van der Waals surface area contributed by atoms with Crippen molar-refractivity contribution in [2.75, 3.05) is 11.4 Å². The van der Waals surface area contributed by atoms with Crippen LogP contribution < -0.4 is 10.2 Å². The fourth-order valence-electron chi connectivity index (χ4n) is 4.00. The molecule has 0 spiro atoms. The number of nitrogens with one attached hydrogen (secondary N) is 1. The van der Waals surface area contributed by atoms with Crippen LogP contribution in [0.25, 0.3) is 0 Å². The molecule has 2 aliphatic heterocycles. The van der Waals surface area contributed by atoms with Gasteiger partial charge in [0.25, 0.3) is 0 Å². The van der Waals surface area contributed by atoms with Gasteiger partial charge in [-0.25, -0.2) is 4.39 Å².